The first-order valence-electron chi connectivity index (χ1n) is 6.18. The molecule has 0 heterocycles. The van der Waals surface area contributed by atoms with Crippen molar-refractivity contribution < 1.29 is 15.0 Å². The summed E-state index contributed by atoms with van der Waals surface area (Å²) < 4.78 is 0. The number of carboxylic acids is 1. The molecule has 0 aromatic heterocycles. The van der Waals surface area contributed by atoms with Crippen LogP contribution in [-0.4, -0.2) is 22.2 Å². The topological polar surface area (TPSA) is 95.6 Å². The monoisotopic (exact) mass is 272 g/mol. The second-order valence-electron chi connectivity index (χ2n) is 4.49. The summed E-state index contributed by atoms with van der Waals surface area (Å²) in [6.45, 7) is 0. The molecular formula is C15H16N2O3. The number of carbonyl (C=O) groups is 1. The Morgan fingerprint density at radius 2 is 1.90 bits per heavy atom. The highest BCUT2D eigenvalue weighted by molar-refractivity contribution is 5.74. The number of rotatable bonds is 5. The molecule has 0 aliphatic carbocycles. The predicted octanol–water partition coefficient (Wildman–Crippen LogP) is 2.09. The molecule has 2 aromatic rings. The first-order valence-corrected chi connectivity index (χ1v) is 6.18. The lowest BCUT2D eigenvalue weighted by molar-refractivity contribution is -0.138. The number of benzene rings is 2. The van der Waals surface area contributed by atoms with Gasteiger partial charge >= 0.3 is 5.97 Å². The van der Waals surface area contributed by atoms with E-state index in [4.69, 9.17) is 10.8 Å². The number of anilines is 2. The maximum absolute atomic E-state index is 10.8. The van der Waals surface area contributed by atoms with Crippen LogP contribution in [0.3, 0.4) is 0 Å². The van der Waals surface area contributed by atoms with E-state index in [1.807, 2.05) is 30.3 Å². The van der Waals surface area contributed by atoms with E-state index >= 15 is 0 Å². The minimum Gasteiger partial charge on any atom is -0.506 e. The molecule has 5 N–H and O–H groups in total. The van der Waals surface area contributed by atoms with E-state index in [0.29, 0.717) is 5.69 Å². The van der Waals surface area contributed by atoms with Gasteiger partial charge in [0.15, 0.2) is 0 Å². The Labute approximate surface area is 116 Å². The number of phenolic OH excluding ortho intramolecular Hbond substituents is 1. The van der Waals surface area contributed by atoms with Crippen molar-refractivity contribution in [2.24, 2.45) is 5.73 Å². The number of aliphatic carboxylic acids is 1. The number of para-hydroxylation sites is 1. The Kier molecular flexibility index (Phi) is 4.22. The summed E-state index contributed by atoms with van der Waals surface area (Å²) in [5.41, 5.74) is 7.61. The van der Waals surface area contributed by atoms with Crippen LogP contribution in [0.25, 0.3) is 0 Å². The minimum atomic E-state index is -1.05. The smallest absolute Gasteiger partial charge is 0.320 e. The van der Waals surface area contributed by atoms with Crippen LogP contribution in [0.2, 0.25) is 0 Å². The van der Waals surface area contributed by atoms with Crippen LogP contribution in [0.4, 0.5) is 11.4 Å². The normalized spacial score (nSPS) is 11.8. The average Bonchev–Trinajstić information content (AvgIpc) is 2.43. The summed E-state index contributed by atoms with van der Waals surface area (Å²) >= 11 is 0. The van der Waals surface area contributed by atoms with Gasteiger partial charge in [-0.2, -0.15) is 0 Å². The summed E-state index contributed by atoms with van der Waals surface area (Å²) in [6.07, 6.45) is 0.207. The first-order chi connectivity index (χ1) is 9.56. The number of hydrogen-bond acceptors (Lipinski definition) is 4. The number of nitrogens with two attached hydrogens (primary N) is 1. The Morgan fingerprint density at radius 1 is 1.20 bits per heavy atom. The van der Waals surface area contributed by atoms with Gasteiger partial charge in [0.25, 0.3) is 0 Å². The molecule has 0 saturated heterocycles. The fourth-order valence-corrected chi connectivity index (χ4v) is 1.83. The predicted molar refractivity (Wildman–Crippen MR) is 77.1 cm³/mol. The Hall–Kier alpha value is -2.53. The molecule has 5 heteroatoms. The zero-order valence-electron chi connectivity index (χ0n) is 10.8. The van der Waals surface area contributed by atoms with E-state index in [2.05, 4.69) is 5.32 Å². The molecule has 0 spiro atoms. The van der Waals surface area contributed by atoms with Gasteiger partial charge in [-0.15, -0.1) is 0 Å². The zero-order valence-corrected chi connectivity index (χ0v) is 10.8. The van der Waals surface area contributed by atoms with Crippen molar-refractivity contribution >= 4 is 17.3 Å². The van der Waals surface area contributed by atoms with Crippen LogP contribution < -0.4 is 11.1 Å². The van der Waals surface area contributed by atoms with Gasteiger partial charge in [0.1, 0.15) is 11.8 Å². The quantitative estimate of drug-likeness (QED) is 0.625. The summed E-state index contributed by atoms with van der Waals surface area (Å²) in [4.78, 5) is 10.8. The van der Waals surface area contributed by atoms with Crippen molar-refractivity contribution in [3.05, 3.63) is 54.1 Å². The maximum atomic E-state index is 10.8. The number of carboxylic acid groups (broad SMARTS) is 1. The molecule has 0 bridgehead atoms. The van der Waals surface area contributed by atoms with Crippen LogP contribution in [0.1, 0.15) is 5.56 Å². The van der Waals surface area contributed by atoms with Gasteiger partial charge in [-0.25, -0.2) is 0 Å². The summed E-state index contributed by atoms with van der Waals surface area (Å²) in [5, 5.41) is 21.7. The first kappa shape index (κ1) is 13.9. The lowest BCUT2D eigenvalue weighted by atomic mass is 10.1. The Bertz CT molecular complexity index is 599. The zero-order chi connectivity index (χ0) is 14.5. The number of phenols is 1. The summed E-state index contributed by atoms with van der Waals surface area (Å²) in [6, 6.07) is 13.3. The van der Waals surface area contributed by atoms with E-state index < -0.39 is 12.0 Å². The third-order valence-corrected chi connectivity index (χ3v) is 2.89. The molecule has 0 unspecified atom stereocenters. The van der Waals surface area contributed by atoms with E-state index in [0.717, 1.165) is 11.3 Å². The van der Waals surface area contributed by atoms with Crippen molar-refractivity contribution in [3.8, 4) is 5.75 Å². The van der Waals surface area contributed by atoms with Gasteiger partial charge in [0.2, 0.25) is 0 Å². The maximum Gasteiger partial charge on any atom is 0.320 e. The molecule has 1 atom stereocenters. The van der Waals surface area contributed by atoms with Crippen molar-refractivity contribution in [3.63, 3.8) is 0 Å². The molecule has 0 saturated carbocycles. The summed E-state index contributed by atoms with van der Waals surface area (Å²) in [7, 11) is 0. The van der Waals surface area contributed by atoms with Crippen LogP contribution in [0.5, 0.6) is 5.75 Å². The molecule has 2 rings (SSSR count). The Morgan fingerprint density at radius 3 is 2.55 bits per heavy atom. The van der Waals surface area contributed by atoms with Gasteiger partial charge in [-0.1, -0.05) is 24.3 Å². The van der Waals surface area contributed by atoms with Gasteiger partial charge in [-0.05, 0) is 36.2 Å². The lowest BCUT2D eigenvalue weighted by Gasteiger charge is -2.12. The third-order valence-electron chi connectivity index (χ3n) is 2.89. The number of nitrogens with one attached hydrogen (secondary N) is 1. The van der Waals surface area contributed by atoms with Crippen molar-refractivity contribution in [1.82, 2.24) is 0 Å². The van der Waals surface area contributed by atoms with E-state index in [-0.39, 0.29) is 12.2 Å². The van der Waals surface area contributed by atoms with Crippen LogP contribution in [0.15, 0.2) is 48.5 Å². The molecule has 0 radical (unpaired) electrons. The van der Waals surface area contributed by atoms with Crippen molar-refractivity contribution in [2.45, 2.75) is 12.5 Å². The Balaban J connectivity index is 2.19. The van der Waals surface area contributed by atoms with Gasteiger partial charge < -0.3 is 21.3 Å². The molecule has 2 aromatic carbocycles. The highest BCUT2D eigenvalue weighted by Crippen LogP contribution is 2.28. The molecule has 104 valence electrons. The highest BCUT2D eigenvalue weighted by Gasteiger charge is 2.13. The fraction of sp³-hybridized carbons (Fsp3) is 0.133. The number of aromatic hydroxyl groups is 1. The molecular weight excluding hydrogens is 256 g/mol. The standard InChI is InChI=1S/C15H16N2O3/c16-12(15(19)20)8-10-6-7-14(18)13(9-10)17-11-4-2-1-3-5-11/h1-7,9,12,17-18H,8,16H2,(H,19,20)/t12-/m0/s1. The SMILES string of the molecule is N[C@@H](Cc1ccc(O)c(Nc2ccccc2)c1)C(=O)O. The van der Waals surface area contributed by atoms with Crippen LogP contribution >= 0.6 is 0 Å². The molecule has 5 nitrogen and oxygen atoms in total. The highest BCUT2D eigenvalue weighted by atomic mass is 16.4. The molecule has 0 aliphatic heterocycles. The molecule has 0 fully saturated rings. The minimum absolute atomic E-state index is 0.0986. The second-order valence-corrected chi connectivity index (χ2v) is 4.49. The van der Waals surface area contributed by atoms with Crippen molar-refractivity contribution in [1.29, 1.82) is 0 Å². The van der Waals surface area contributed by atoms with Crippen LogP contribution in [-0.2, 0) is 11.2 Å². The van der Waals surface area contributed by atoms with Crippen LogP contribution in [0, 0.1) is 0 Å². The number of hydrogen-bond donors (Lipinski definition) is 4. The average molecular weight is 272 g/mol. The van der Waals surface area contributed by atoms with E-state index in [1.54, 1.807) is 12.1 Å². The largest absolute Gasteiger partial charge is 0.506 e. The molecule has 20 heavy (non-hydrogen) atoms. The second kappa shape index (κ2) is 6.08. The summed E-state index contributed by atoms with van der Waals surface area (Å²) in [5.74, 6) is -0.947. The third kappa shape index (κ3) is 3.49. The van der Waals surface area contributed by atoms with Gasteiger partial charge in [0, 0.05) is 5.69 Å². The van der Waals surface area contributed by atoms with E-state index in [1.165, 1.54) is 6.07 Å². The van der Waals surface area contributed by atoms with E-state index in [9.17, 15) is 9.90 Å². The van der Waals surface area contributed by atoms with Crippen molar-refractivity contribution in [2.75, 3.05) is 5.32 Å². The molecule has 0 aliphatic rings. The van der Waals surface area contributed by atoms with Gasteiger partial charge in [-0.3, -0.25) is 4.79 Å². The lowest BCUT2D eigenvalue weighted by Crippen LogP contribution is -2.32. The molecule has 0 amide bonds. The van der Waals surface area contributed by atoms with Gasteiger partial charge in [0.05, 0.1) is 5.69 Å². The fourth-order valence-electron chi connectivity index (χ4n) is 1.83.